The molecule has 0 heterocycles. The zero-order chi connectivity index (χ0) is 14.8. The molecule has 19 heavy (non-hydrogen) atoms. The summed E-state index contributed by atoms with van der Waals surface area (Å²) in [6, 6.07) is 0. The van der Waals surface area contributed by atoms with Gasteiger partial charge in [-0.25, -0.2) is 4.79 Å². The lowest BCUT2D eigenvalue weighted by Crippen LogP contribution is -2.41. The van der Waals surface area contributed by atoms with Gasteiger partial charge in [0.2, 0.25) is 0 Å². The van der Waals surface area contributed by atoms with E-state index < -0.39 is 17.2 Å². The number of hydroxylamine groups is 1. The van der Waals surface area contributed by atoms with E-state index >= 15 is 0 Å². The van der Waals surface area contributed by atoms with Gasteiger partial charge < -0.3 is 9.84 Å². The van der Waals surface area contributed by atoms with Gasteiger partial charge in [-0.05, 0) is 40.7 Å². The Morgan fingerprint density at radius 1 is 1.32 bits per heavy atom. The van der Waals surface area contributed by atoms with Crippen LogP contribution in [-0.4, -0.2) is 28.2 Å². The zero-order valence-corrected chi connectivity index (χ0v) is 11.9. The van der Waals surface area contributed by atoms with E-state index in [2.05, 4.69) is 5.48 Å². The second-order valence-corrected chi connectivity index (χ2v) is 6.06. The molecule has 0 aromatic carbocycles. The first-order valence-corrected chi connectivity index (χ1v) is 6.12. The minimum atomic E-state index is -1.32. The van der Waals surface area contributed by atoms with Crippen molar-refractivity contribution in [1.82, 2.24) is 5.48 Å². The molecule has 0 saturated carbocycles. The molecule has 108 valence electrons. The van der Waals surface area contributed by atoms with E-state index in [1.54, 1.807) is 6.08 Å². The van der Waals surface area contributed by atoms with E-state index in [-0.39, 0.29) is 11.9 Å². The lowest BCUT2D eigenvalue weighted by molar-refractivity contribution is -0.170. The highest BCUT2D eigenvalue weighted by atomic mass is 16.7. The Labute approximate surface area is 112 Å². The van der Waals surface area contributed by atoms with Gasteiger partial charge >= 0.3 is 11.9 Å². The molecule has 2 N–H and O–H groups in total. The Morgan fingerprint density at radius 2 is 1.84 bits per heavy atom. The molecular formula is C13H21NO5. The van der Waals surface area contributed by atoms with Crippen LogP contribution in [0.1, 0.15) is 41.0 Å². The van der Waals surface area contributed by atoms with Crippen LogP contribution >= 0.6 is 0 Å². The van der Waals surface area contributed by atoms with Crippen molar-refractivity contribution in [3.05, 3.63) is 11.8 Å². The number of hydrogen-bond acceptors (Lipinski definition) is 5. The Kier molecular flexibility index (Phi) is 4.25. The minimum absolute atomic E-state index is 0.282. The molecule has 0 aliphatic heterocycles. The molecular weight excluding hydrogens is 250 g/mol. The summed E-state index contributed by atoms with van der Waals surface area (Å²) in [4.78, 5) is 27.5. The molecule has 1 aliphatic rings. The number of carbonyl (C=O) groups is 2. The van der Waals surface area contributed by atoms with Crippen molar-refractivity contribution in [2.75, 3.05) is 0 Å². The highest BCUT2D eigenvalue weighted by Gasteiger charge is 2.33. The third kappa shape index (κ3) is 4.55. The maximum Gasteiger partial charge on any atom is 0.338 e. The number of allylic oxidation sites excluding steroid dienone is 1. The molecule has 0 bridgehead atoms. The minimum Gasteiger partial charge on any atom is -0.479 e. The van der Waals surface area contributed by atoms with Crippen molar-refractivity contribution < 1.29 is 24.3 Å². The maximum atomic E-state index is 11.7. The van der Waals surface area contributed by atoms with Crippen molar-refractivity contribution in [3.8, 4) is 0 Å². The Bertz CT molecular complexity index is 406. The molecule has 0 amide bonds. The summed E-state index contributed by atoms with van der Waals surface area (Å²) in [5.41, 5.74) is 1.42. The molecule has 1 rings (SSSR count). The number of carboxylic acids is 1. The van der Waals surface area contributed by atoms with Crippen molar-refractivity contribution in [3.63, 3.8) is 0 Å². The third-order valence-electron chi connectivity index (χ3n) is 2.50. The second kappa shape index (κ2) is 5.21. The Hall–Kier alpha value is -1.56. The fourth-order valence-electron chi connectivity index (χ4n) is 1.29. The first-order chi connectivity index (χ1) is 8.51. The maximum absolute atomic E-state index is 11.7. The average Bonchev–Trinajstić information content (AvgIpc) is 2.11. The fourth-order valence-corrected chi connectivity index (χ4v) is 1.29. The van der Waals surface area contributed by atoms with Crippen molar-refractivity contribution in [2.45, 2.75) is 52.2 Å². The van der Waals surface area contributed by atoms with E-state index in [1.165, 1.54) is 13.8 Å². The standard InChI is InChI=1S/C13H21NO5/c1-12(2,3)18-10(15)8-6-9(7-8)14-19-13(4,5)11(16)17/h6,8,14H,7H2,1-5H3,(H,16,17). The second-order valence-electron chi connectivity index (χ2n) is 6.06. The number of ether oxygens (including phenoxy) is 1. The molecule has 0 saturated heterocycles. The molecule has 0 aromatic rings. The number of carboxylic acid groups (broad SMARTS) is 1. The fraction of sp³-hybridized carbons (Fsp3) is 0.692. The largest absolute Gasteiger partial charge is 0.479 e. The van der Waals surface area contributed by atoms with Gasteiger partial charge in [0.05, 0.1) is 5.92 Å². The van der Waals surface area contributed by atoms with Crippen LogP contribution in [0.2, 0.25) is 0 Å². The molecule has 0 radical (unpaired) electrons. The molecule has 0 spiro atoms. The van der Waals surface area contributed by atoms with E-state index in [4.69, 9.17) is 14.7 Å². The SMILES string of the molecule is CC(C)(C)OC(=O)C1C=C(NOC(C)(C)C(=O)O)C1. The number of hydrogen-bond donors (Lipinski definition) is 2. The van der Waals surface area contributed by atoms with Crippen LogP contribution in [0.25, 0.3) is 0 Å². The summed E-state index contributed by atoms with van der Waals surface area (Å²) in [6.45, 7) is 8.31. The van der Waals surface area contributed by atoms with Crippen molar-refractivity contribution >= 4 is 11.9 Å². The summed E-state index contributed by atoms with van der Waals surface area (Å²) in [5, 5.41) is 8.85. The Morgan fingerprint density at radius 3 is 2.26 bits per heavy atom. The van der Waals surface area contributed by atoms with E-state index in [0.29, 0.717) is 12.1 Å². The molecule has 6 heteroatoms. The quantitative estimate of drug-likeness (QED) is 0.584. The van der Waals surface area contributed by atoms with Crippen LogP contribution in [-0.2, 0) is 19.2 Å². The lowest BCUT2D eigenvalue weighted by Gasteiger charge is -2.30. The summed E-state index contributed by atoms with van der Waals surface area (Å²) < 4.78 is 5.23. The van der Waals surface area contributed by atoms with Gasteiger partial charge in [0.25, 0.3) is 0 Å². The van der Waals surface area contributed by atoms with Crippen LogP contribution in [0.4, 0.5) is 0 Å². The summed E-state index contributed by atoms with van der Waals surface area (Å²) in [7, 11) is 0. The van der Waals surface area contributed by atoms with Crippen LogP contribution < -0.4 is 5.48 Å². The smallest absolute Gasteiger partial charge is 0.338 e. The van der Waals surface area contributed by atoms with E-state index in [9.17, 15) is 9.59 Å². The third-order valence-corrected chi connectivity index (χ3v) is 2.50. The number of rotatable bonds is 5. The Balaban J connectivity index is 2.41. The van der Waals surface area contributed by atoms with Crippen LogP contribution in [0, 0.1) is 5.92 Å². The van der Waals surface area contributed by atoms with Gasteiger partial charge in [-0.2, -0.15) is 0 Å². The molecule has 0 aromatic heterocycles. The van der Waals surface area contributed by atoms with Crippen LogP contribution in [0.3, 0.4) is 0 Å². The summed E-state index contributed by atoms with van der Waals surface area (Å²) in [6.07, 6.45) is 2.14. The molecule has 1 atom stereocenters. The molecule has 1 aliphatic carbocycles. The first kappa shape index (κ1) is 15.5. The average molecular weight is 271 g/mol. The van der Waals surface area contributed by atoms with Crippen LogP contribution in [0.15, 0.2) is 11.8 Å². The number of carbonyl (C=O) groups excluding carboxylic acids is 1. The lowest BCUT2D eigenvalue weighted by atomic mass is 9.91. The molecule has 0 fully saturated rings. The number of esters is 1. The van der Waals surface area contributed by atoms with Gasteiger partial charge in [-0.15, -0.1) is 0 Å². The van der Waals surface area contributed by atoms with Gasteiger partial charge in [0, 0.05) is 12.1 Å². The molecule has 6 nitrogen and oxygen atoms in total. The zero-order valence-electron chi connectivity index (χ0n) is 11.9. The predicted molar refractivity (Wildman–Crippen MR) is 68.0 cm³/mol. The summed E-state index contributed by atoms with van der Waals surface area (Å²) >= 11 is 0. The van der Waals surface area contributed by atoms with E-state index in [1.807, 2.05) is 20.8 Å². The number of nitrogens with one attached hydrogen (secondary N) is 1. The van der Waals surface area contributed by atoms with E-state index in [0.717, 1.165) is 0 Å². The number of aliphatic carboxylic acids is 1. The first-order valence-electron chi connectivity index (χ1n) is 6.12. The predicted octanol–water partition coefficient (Wildman–Crippen LogP) is 1.62. The molecule has 1 unspecified atom stereocenters. The summed E-state index contributed by atoms with van der Waals surface area (Å²) in [5.74, 6) is -1.64. The monoisotopic (exact) mass is 271 g/mol. The topological polar surface area (TPSA) is 84.9 Å². The van der Waals surface area contributed by atoms with Gasteiger partial charge in [0.1, 0.15) is 5.60 Å². The van der Waals surface area contributed by atoms with Crippen molar-refractivity contribution in [1.29, 1.82) is 0 Å². The van der Waals surface area contributed by atoms with Gasteiger partial charge in [0.15, 0.2) is 5.60 Å². The van der Waals surface area contributed by atoms with Gasteiger partial charge in [-0.3, -0.25) is 15.1 Å². The van der Waals surface area contributed by atoms with Crippen molar-refractivity contribution in [2.24, 2.45) is 5.92 Å². The highest BCUT2D eigenvalue weighted by molar-refractivity contribution is 5.77. The van der Waals surface area contributed by atoms with Crippen LogP contribution in [0.5, 0.6) is 0 Å². The normalized spacial score (nSPS) is 19.2. The highest BCUT2D eigenvalue weighted by Crippen LogP contribution is 2.27. The van der Waals surface area contributed by atoms with Gasteiger partial charge in [-0.1, -0.05) is 0 Å².